The second kappa shape index (κ2) is 9.88. The Morgan fingerprint density at radius 2 is 0.962 bits per heavy atom. The van der Waals surface area contributed by atoms with Gasteiger partial charge in [0.25, 0.3) is 0 Å². The van der Waals surface area contributed by atoms with E-state index >= 15 is 0 Å². The molecule has 0 aliphatic rings. The van der Waals surface area contributed by atoms with E-state index in [-0.39, 0.29) is 12.4 Å². The van der Waals surface area contributed by atoms with Crippen molar-refractivity contribution in [2.24, 2.45) is 0 Å². The third kappa shape index (κ3) is 4.54. The van der Waals surface area contributed by atoms with Gasteiger partial charge in [0, 0.05) is 0 Å². The second-order valence-corrected chi connectivity index (χ2v) is 11.0. The first-order valence-corrected chi connectivity index (χ1v) is 11.3. The Hall–Kier alpha value is -1.66. The van der Waals surface area contributed by atoms with Crippen LogP contribution in [0.3, 0.4) is 0 Å². The van der Waals surface area contributed by atoms with Crippen molar-refractivity contribution in [3.05, 3.63) is 91.0 Å². The molecule has 0 aliphatic carbocycles. The first-order chi connectivity index (χ1) is 12.2. The molecule has 3 heteroatoms. The summed E-state index contributed by atoms with van der Waals surface area (Å²) < 4.78 is 0. The monoisotopic (exact) mass is 385 g/mol. The molecule has 0 heterocycles. The van der Waals surface area contributed by atoms with E-state index in [1.807, 2.05) is 0 Å². The molecule has 0 radical (unpaired) electrons. The van der Waals surface area contributed by atoms with Gasteiger partial charge in [-0.2, -0.15) is 0 Å². The number of rotatable bonds is 7. The van der Waals surface area contributed by atoms with Gasteiger partial charge in [-0.1, -0.05) is 0 Å². The Balaban J connectivity index is 0.00000243. The maximum atomic E-state index is 2.34. The molecule has 26 heavy (non-hydrogen) atoms. The molecule has 3 rings (SSSR count). The van der Waals surface area contributed by atoms with Crippen molar-refractivity contribution in [1.82, 2.24) is 4.90 Å². The first kappa shape index (κ1) is 20.6. The summed E-state index contributed by atoms with van der Waals surface area (Å²) in [5.74, 6) is 0. The molecule has 0 aliphatic heterocycles. The van der Waals surface area contributed by atoms with Gasteiger partial charge >= 0.3 is 152 Å². The van der Waals surface area contributed by atoms with Crippen LogP contribution in [0.1, 0.15) is 6.42 Å². The molecule has 0 spiro atoms. The number of hydrogen-bond acceptors (Lipinski definition) is 1. The largest absolute Gasteiger partial charge is 0.147 e. The summed E-state index contributed by atoms with van der Waals surface area (Å²) in [4.78, 5) is 2.29. The molecule has 138 valence electrons. The molecule has 3 aromatic rings. The summed E-state index contributed by atoms with van der Waals surface area (Å²) in [5.41, 5.74) is 0. The molecule has 0 saturated heterocycles. The third-order valence-corrected chi connectivity index (χ3v) is 10.0. The van der Waals surface area contributed by atoms with Gasteiger partial charge in [-0.25, -0.2) is 0 Å². The van der Waals surface area contributed by atoms with Gasteiger partial charge in [0.1, 0.15) is 0 Å². The first-order valence-electron chi connectivity index (χ1n) is 9.05. The fourth-order valence-electron chi connectivity index (χ4n) is 3.76. The Morgan fingerprint density at radius 1 is 0.615 bits per heavy atom. The Labute approximate surface area is 164 Å². The van der Waals surface area contributed by atoms with E-state index in [4.69, 9.17) is 0 Å². The molecule has 0 unspecified atom stereocenters. The fourth-order valence-corrected chi connectivity index (χ4v) is 8.60. The van der Waals surface area contributed by atoms with Crippen LogP contribution in [0.4, 0.5) is 0 Å². The van der Waals surface area contributed by atoms with Gasteiger partial charge in [-0.05, 0) is 0 Å². The van der Waals surface area contributed by atoms with Gasteiger partial charge < -0.3 is 0 Å². The molecular weight excluding hydrogens is 357 g/mol. The van der Waals surface area contributed by atoms with Crippen LogP contribution in [0.5, 0.6) is 0 Å². The molecule has 0 aromatic heterocycles. The normalized spacial score (nSPS) is 11.8. The van der Waals surface area contributed by atoms with Crippen molar-refractivity contribution < 1.29 is 0 Å². The minimum absolute atomic E-state index is 0. The van der Waals surface area contributed by atoms with Crippen LogP contribution in [-0.4, -0.2) is 31.7 Å². The molecule has 0 fully saturated rings. The predicted molar refractivity (Wildman–Crippen MR) is 122 cm³/mol. The van der Waals surface area contributed by atoms with Crippen LogP contribution < -0.4 is 15.9 Å². The van der Waals surface area contributed by atoms with Crippen LogP contribution in [0, 0.1) is 0 Å². The summed E-state index contributed by atoms with van der Waals surface area (Å²) in [6, 6.07) is 33.5. The smallest absolute Gasteiger partial charge is 0.147 e. The number of benzene rings is 3. The van der Waals surface area contributed by atoms with Gasteiger partial charge in [0.15, 0.2) is 0 Å². The van der Waals surface area contributed by atoms with Crippen LogP contribution >= 0.6 is 19.7 Å². The van der Waals surface area contributed by atoms with Crippen LogP contribution in [0.2, 0.25) is 0 Å². The van der Waals surface area contributed by atoms with E-state index in [1.54, 1.807) is 0 Å². The van der Waals surface area contributed by atoms with Gasteiger partial charge in [0.2, 0.25) is 0 Å². The molecule has 0 bridgehead atoms. The topological polar surface area (TPSA) is 3.24 Å². The van der Waals surface area contributed by atoms with Crippen LogP contribution in [0.25, 0.3) is 0 Å². The zero-order valence-corrected chi connectivity index (χ0v) is 17.5. The number of halogens is 1. The molecule has 1 nitrogen and oxygen atoms in total. The van der Waals surface area contributed by atoms with E-state index in [0.717, 1.165) is 6.54 Å². The average Bonchev–Trinajstić information content (AvgIpc) is 2.67. The maximum absolute atomic E-state index is 2.34. The van der Waals surface area contributed by atoms with Gasteiger partial charge in [-0.3, -0.25) is 0 Å². The van der Waals surface area contributed by atoms with E-state index in [9.17, 15) is 0 Å². The maximum Gasteiger partial charge on any atom is -0.147 e. The van der Waals surface area contributed by atoms with Crippen molar-refractivity contribution in [1.29, 1.82) is 0 Å². The summed E-state index contributed by atoms with van der Waals surface area (Å²) in [6.07, 6.45) is 2.43. The molecule has 0 N–H and O–H groups in total. The van der Waals surface area contributed by atoms with Crippen molar-refractivity contribution in [2.75, 3.05) is 26.8 Å². The molecule has 0 amide bonds. The van der Waals surface area contributed by atoms with Gasteiger partial charge in [-0.15, -0.1) is 12.4 Å². The Morgan fingerprint density at radius 3 is 1.27 bits per heavy atom. The van der Waals surface area contributed by atoms with Crippen LogP contribution in [0.15, 0.2) is 91.0 Å². The summed E-state index contributed by atoms with van der Waals surface area (Å²) >= 11 is 0. The Kier molecular flexibility index (Phi) is 7.85. The molecule has 0 saturated carbocycles. The summed E-state index contributed by atoms with van der Waals surface area (Å²) in [5, 5.41) is 4.52. The number of nitrogens with zero attached hydrogens (tertiary/aromatic N) is 1. The van der Waals surface area contributed by atoms with E-state index in [0.29, 0.717) is 0 Å². The SMILES string of the molecule is CN(C)CCC[PH](c1ccccc1)(c1ccccc1)c1ccccc1.Cl. The second-order valence-electron chi connectivity index (χ2n) is 6.91. The van der Waals surface area contributed by atoms with E-state index < -0.39 is 7.26 Å². The van der Waals surface area contributed by atoms with Crippen molar-refractivity contribution >= 4 is 35.6 Å². The molecule has 3 aromatic carbocycles. The predicted octanol–water partition coefficient (Wildman–Crippen LogP) is 4.09. The zero-order valence-electron chi connectivity index (χ0n) is 15.6. The van der Waals surface area contributed by atoms with Crippen molar-refractivity contribution in [3.8, 4) is 0 Å². The molecular formula is C23H29ClNP. The third-order valence-electron chi connectivity index (χ3n) is 4.96. The Bertz CT molecular complexity index is 663. The van der Waals surface area contributed by atoms with Crippen molar-refractivity contribution in [2.45, 2.75) is 6.42 Å². The van der Waals surface area contributed by atoms with Crippen LogP contribution in [-0.2, 0) is 0 Å². The van der Waals surface area contributed by atoms with E-state index in [1.165, 1.54) is 28.5 Å². The van der Waals surface area contributed by atoms with Gasteiger partial charge in [0.05, 0.1) is 0 Å². The van der Waals surface area contributed by atoms with Crippen molar-refractivity contribution in [3.63, 3.8) is 0 Å². The number of hydrogen-bond donors (Lipinski definition) is 0. The minimum Gasteiger partial charge on any atom is -0.147 e. The fraction of sp³-hybridized carbons (Fsp3) is 0.217. The summed E-state index contributed by atoms with van der Waals surface area (Å²) in [6.45, 7) is 1.13. The standard InChI is InChI=1S/C23H28NP.ClH/c1-24(2)19-12-20-25(21-13-6-3-7-14-21,22-15-8-4-9-16-22)23-17-10-5-11-18-23;/h3-11,13-18,25H,12,19-20H2,1-2H3;1H. The van der Waals surface area contributed by atoms with E-state index in [2.05, 4.69) is 110 Å². The zero-order chi connectivity index (χ0) is 17.5. The minimum atomic E-state index is -2.02. The quantitative estimate of drug-likeness (QED) is 0.554. The average molecular weight is 386 g/mol. The molecule has 0 atom stereocenters. The summed E-state index contributed by atoms with van der Waals surface area (Å²) in [7, 11) is 2.31.